The van der Waals surface area contributed by atoms with Crippen molar-refractivity contribution in [2.24, 2.45) is 7.05 Å². The number of nitrogens with two attached hydrogens (primary N) is 1. The number of nitrogens with zero attached hydrogens (tertiary/aromatic N) is 4. The van der Waals surface area contributed by atoms with Gasteiger partial charge >= 0.3 is 0 Å². The van der Waals surface area contributed by atoms with Crippen LogP contribution in [0.1, 0.15) is 16.1 Å². The second-order valence-electron chi connectivity index (χ2n) is 6.84. The number of amides is 1. The number of rotatable bonds is 6. The number of carbonyl (C=O) groups is 1. The van der Waals surface area contributed by atoms with Crippen molar-refractivity contribution in [1.29, 1.82) is 0 Å². The number of aromatic nitrogens is 4. The Labute approximate surface area is 167 Å². The van der Waals surface area contributed by atoms with Crippen LogP contribution in [0.3, 0.4) is 0 Å². The zero-order chi connectivity index (χ0) is 20.2. The Hall–Kier alpha value is -3.30. The molecule has 2 aromatic heterocycles. The number of anilines is 1. The van der Waals surface area contributed by atoms with E-state index in [9.17, 15) is 4.79 Å². The van der Waals surface area contributed by atoms with E-state index in [0.29, 0.717) is 25.5 Å². The smallest absolute Gasteiger partial charge is 0.274 e. The monoisotopic (exact) mass is 394 g/mol. The first-order chi connectivity index (χ1) is 14.1. The van der Waals surface area contributed by atoms with E-state index >= 15 is 0 Å². The first kappa shape index (κ1) is 19.0. The molecule has 9 nitrogen and oxygen atoms in total. The van der Waals surface area contributed by atoms with E-state index in [2.05, 4.69) is 20.4 Å². The molecule has 3 heterocycles. The molecule has 1 aliphatic rings. The quantitative estimate of drug-likeness (QED) is 0.644. The molecule has 29 heavy (non-hydrogen) atoms. The maximum Gasteiger partial charge on any atom is 0.274 e. The van der Waals surface area contributed by atoms with Gasteiger partial charge < -0.3 is 20.5 Å². The molecular formula is C20H22N6O3. The van der Waals surface area contributed by atoms with Gasteiger partial charge in [-0.3, -0.25) is 9.48 Å². The third-order valence-corrected chi connectivity index (χ3v) is 4.67. The molecule has 1 aromatic carbocycles. The molecule has 150 valence electrons. The van der Waals surface area contributed by atoms with Gasteiger partial charge in [0, 0.05) is 18.8 Å². The van der Waals surface area contributed by atoms with Crippen LogP contribution in [0, 0.1) is 0 Å². The maximum atomic E-state index is 12.8. The minimum Gasteiger partial charge on any atom is -0.382 e. The summed E-state index contributed by atoms with van der Waals surface area (Å²) in [6.45, 7) is 1.22. The molecule has 4 rings (SSSR count). The Morgan fingerprint density at radius 3 is 2.90 bits per heavy atom. The number of carbonyl (C=O) groups excluding carboxylic acids is 1. The van der Waals surface area contributed by atoms with Crippen LogP contribution >= 0.6 is 0 Å². The summed E-state index contributed by atoms with van der Waals surface area (Å²) in [6, 6.07) is 9.55. The van der Waals surface area contributed by atoms with Crippen LogP contribution in [0.4, 0.5) is 5.82 Å². The van der Waals surface area contributed by atoms with Crippen LogP contribution < -0.4 is 11.1 Å². The highest BCUT2D eigenvalue weighted by Gasteiger charge is 2.31. The van der Waals surface area contributed by atoms with Gasteiger partial charge in [0.1, 0.15) is 6.10 Å². The molecule has 0 radical (unpaired) electrons. The predicted molar refractivity (Wildman–Crippen MR) is 106 cm³/mol. The SMILES string of the molecule is Cn1cc(-c2cnc(N)c(C(=O)N[C@H]3COC[C@@H]3OCc3ccccc3)n2)cn1. The molecule has 1 fully saturated rings. The van der Waals surface area contributed by atoms with Crippen molar-refractivity contribution in [1.82, 2.24) is 25.1 Å². The summed E-state index contributed by atoms with van der Waals surface area (Å²) in [5, 5.41) is 7.03. The first-order valence-corrected chi connectivity index (χ1v) is 9.26. The normalized spacial score (nSPS) is 18.7. The van der Waals surface area contributed by atoms with Crippen molar-refractivity contribution in [3.8, 4) is 11.3 Å². The van der Waals surface area contributed by atoms with Gasteiger partial charge in [-0.15, -0.1) is 0 Å². The summed E-state index contributed by atoms with van der Waals surface area (Å²) in [5.41, 5.74) is 8.31. The van der Waals surface area contributed by atoms with E-state index in [0.717, 1.165) is 11.1 Å². The van der Waals surface area contributed by atoms with Gasteiger partial charge in [0.25, 0.3) is 5.91 Å². The lowest BCUT2D eigenvalue weighted by Crippen LogP contribution is -2.44. The average Bonchev–Trinajstić information content (AvgIpc) is 3.36. The second-order valence-corrected chi connectivity index (χ2v) is 6.84. The van der Waals surface area contributed by atoms with E-state index < -0.39 is 5.91 Å². The number of aryl methyl sites for hydroxylation is 1. The van der Waals surface area contributed by atoms with E-state index in [-0.39, 0.29) is 23.7 Å². The van der Waals surface area contributed by atoms with Gasteiger partial charge in [0.05, 0.1) is 44.0 Å². The fourth-order valence-electron chi connectivity index (χ4n) is 3.11. The molecule has 9 heteroatoms. The number of nitrogen functional groups attached to an aromatic ring is 1. The lowest BCUT2D eigenvalue weighted by atomic mass is 10.2. The van der Waals surface area contributed by atoms with Gasteiger partial charge in [0.15, 0.2) is 11.5 Å². The summed E-state index contributed by atoms with van der Waals surface area (Å²) in [6.07, 6.45) is 4.71. The summed E-state index contributed by atoms with van der Waals surface area (Å²) in [4.78, 5) is 21.3. The molecule has 1 saturated heterocycles. The summed E-state index contributed by atoms with van der Waals surface area (Å²) >= 11 is 0. The predicted octanol–water partition coefficient (Wildman–Crippen LogP) is 1.17. The van der Waals surface area contributed by atoms with Crippen LogP contribution in [0.5, 0.6) is 0 Å². The highest BCUT2D eigenvalue weighted by molar-refractivity contribution is 5.97. The van der Waals surface area contributed by atoms with Gasteiger partial charge in [-0.2, -0.15) is 5.10 Å². The number of nitrogens with one attached hydrogen (secondary N) is 1. The largest absolute Gasteiger partial charge is 0.382 e. The number of hydrogen-bond donors (Lipinski definition) is 2. The number of hydrogen-bond acceptors (Lipinski definition) is 7. The molecule has 0 unspecified atom stereocenters. The maximum absolute atomic E-state index is 12.8. The van der Waals surface area contributed by atoms with Crippen molar-refractivity contribution in [2.45, 2.75) is 18.8 Å². The zero-order valence-electron chi connectivity index (χ0n) is 16.0. The summed E-state index contributed by atoms with van der Waals surface area (Å²) in [7, 11) is 1.80. The number of ether oxygens (including phenoxy) is 2. The minimum atomic E-state index is -0.412. The Balaban J connectivity index is 1.44. The molecule has 3 aromatic rings. The Bertz CT molecular complexity index is 991. The fraction of sp³-hybridized carbons (Fsp3) is 0.300. The Kier molecular flexibility index (Phi) is 5.50. The van der Waals surface area contributed by atoms with E-state index in [1.54, 1.807) is 24.1 Å². The first-order valence-electron chi connectivity index (χ1n) is 9.26. The van der Waals surface area contributed by atoms with Crippen molar-refractivity contribution >= 4 is 11.7 Å². The van der Waals surface area contributed by atoms with Gasteiger partial charge in [-0.1, -0.05) is 30.3 Å². The Morgan fingerprint density at radius 1 is 1.31 bits per heavy atom. The lowest BCUT2D eigenvalue weighted by Gasteiger charge is -2.20. The van der Waals surface area contributed by atoms with Gasteiger partial charge in [-0.05, 0) is 5.56 Å². The third kappa shape index (κ3) is 4.41. The highest BCUT2D eigenvalue weighted by Crippen LogP contribution is 2.19. The van der Waals surface area contributed by atoms with Crippen LogP contribution in [-0.2, 0) is 23.1 Å². The van der Waals surface area contributed by atoms with E-state index in [1.807, 2.05) is 30.3 Å². The molecule has 2 atom stereocenters. The number of benzene rings is 1. The summed E-state index contributed by atoms with van der Waals surface area (Å²) in [5.74, 6) is -0.347. The van der Waals surface area contributed by atoms with E-state index in [4.69, 9.17) is 15.2 Å². The van der Waals surface area contributed by atoms with Crippen LogP contribution in [0.25, 0.3) is 11.3 Å². The fourth-order valence-corrected chi connectivity index (χ4v) is 3.11. The van der Waals surface area contributed by atoms with Crippen LogP contribution in [0.2, 0.25) is 0 Å². The minimum absolute atomic E-state index is 0.0656. The average molecular weight is 394 g/mol. The van der Waals surface area contributed by atoms with Crippen molar-refractivity contribution in [2.75, 3.05) is 18.9 Å². The molecule has 0 spiro atoms. The van der Waals surface area contributed by atoms with Gasteiger partial charge in [-0.25, -0.2) is 9.97 Å². The molecule has 3 N–H and O–H groups in total. The van der Waals surface area contributed by atoms with Gasteiger partial charge in [0.2, 0.25) is 0 Å². The molecule has 0 saturated carbocycles. The highest BCUT2D eigenvalue weighted by atomic mass is 16.5. The molecule has 0 aliphatic carbocycles. The lowest BCUT2D eigenvalue weighted by molar-refractivity contribution is 0.0218. The summed E-state index contributed by atoms with van der Waals surface area (Å²) < 4.78 is 13.1. The van der Waals surface area contributed by atoms with Crippen molar-refractivity contribution in [3.05, 3.63) is 60.2 Å². The van der Waals surface area contributed by atoms with E-state index in [1.165, 1.54) is 6.20 Å². The third-order valence-electron chi connectivity index (χ3n) is 4.67. The zero-order valence-corrected chi connectivity index (χ0v) is 16.0. The topological polar surface area (TPSA) is 117 Å². The molecule has 1 aliphatic heterocycles. The van der Waals surface area contributed by atoms with Crippen LogP contribution in [0.15, 0.2) is 48.9 Å². The molecule has 1 amide bonds. The second kappa shape index (κ2) is 8.38. The molecule has 0 bridgehead atoms. The molecular weight excluding hydrogens is 372 g/mol. The van der Waals surface area contributed by atoms with Crippen LogP contribution in [-0.4, -0.2) is 51.0 Å². The van der Waals surface area contributed by atoms with Crippen molar-refractivity contribution < 1.29 is 14.3 Å². The standard InChI is InChI=1S/C20H22N6O3/c1-26-9-14(7-23-26)15-8-22-19(21)18(24-15)20(27)25-16-11-28-12-17(16)29-10-13-5-3-2-4-6-13/h2-9,16-17H,10-12H2,1H3,(H2,21,22)(H,25,27)/t16-,17-/m0/s1. The Morgan fingerprint density at radius 2 is 2.14 bits per heavy atom. The van der Waals surface area contributed by atoms with Crippen molar-refractivity contribution in [3.63, 3.8) is 0 Å².